The summed E-state index contributed by atoms with van der Waals surface area (Å²) in [6, 6.07) is 5.72. The molecule has 1 N–H and O–H groups in total. The van der Waals surface area contributed by atoms with Crippen LogP contribution in [-0.2, 0) is 6.42 Å². The third kappa shape index (κ3) is 2.61. The van der Waals surface area contributed by atoms with Crippen molar-refractivity contribution in [3.63, 3.8) is 0 Å². The smallest absolute Gasteiger partial charge is 0.141 e. The molecule has 0 saturated carbocycles. The second kappa shape index (κ2) is 5.75. The van der Waals surface area contributed by atoms with Gasteiger partial charge in [0.2, 0.25) is 0 Å². The van der Waals surface area contributed by atoms with E-state index in [1.165, 1.54) is 17.8 Å². The molecule has 0 spiro atoms. The predicted octanol–water partition coefficient (Wildman–Crippen LogP) is 3.93. The number of nitrogens with zero attached hydrogens (tertiary/aromatic N) is 1. The molecular formula is C16H19FN2O. The van der Waals surface area contributed by atoms with E-state index in [9.17, 15) is 4.39 Å². The number of aryl methyl sites for hydroxylation is 1. The lowest BCUT2D eigenvalue weighted by atomic mass is 9.92. The van der Waals surface area contributed by atoms with Gasteiger partial charge in [-0.3, -0.25) is 4.98 Å². The van der Waals surface area contributed by atoms with Crippen LogP contribution in [0.15, 0.2) is 35.1 Å². The summed E-state index contributed by atoms with van der Waals surface area (Å²) in [6.07, 6.45) is 7.22. The van der Waals surface area contributed by atoms with E-state index >= 15 is 0 Å². The third-order valence-electron chi connectivity index (χ3n) is 3.97. The van der Waals surface area contributed by atoms with E-state index in [0.29, 0.717) is 6.04 Å². The first-order chi connectivity index (χ1) is 9.78. The zero-order chi connectivity index (χ0) is 13.9. The van der Waals surface area contributed by atoms with Crippen molar-refractivity contribution in [2.75, 3.05) is 0 Å². The van der Waals surface area contributed by atoms with Gasteiger partial charge in [0.05, 0.1) is 18.2 Å². The number of rotatable bonds is 4. The zero-order valence-corrected chi connectivity index (χ0v) is 11.6. The number of hydrogen-bond acceptors (Lipinski definition) is 3. The van der Waals surface area contributed by atoms with Crippen molar-refractivity contribution < 1.29 is 8.81 Å². The minimum atomic E-state index is -0.293. The average molecular weight is 274 g/mol. The Kier molecular flexibility index (Phi) is 3.83. The number of hydrogen-bond donors (Lipinski definition) is 1. The molecule has 3 nitrogen and oxygen atoms in total. The molecule has 2 aromatic heterocycles. The van der Waals surface area contributed by atoms with Crippen molar-refractivity contribution in [3.8, 4) is 0 Å². The van der Waals surface area contributed by atoms with Crippen LogP contribution in [0, 0.1) is 5.82 Å². The van der Waals surface area contributed by atoms with Crippen molar-refractivity contribution >= 4 is 0 Å². The summed E-state index contributed by atoms with van der Waals surface area (Å²) in [4.78, 5) is 4.20. The molecule has 3 rings (SSSR count). The van der Waals surface area contributed by atoms with Crippen molar-refractivity contribution in [1.82, 2.24) is 10.3 Å². The highest BCUT2D eigenvalue weighted by Gasteiger charge is 2.25. The molecule has 0 radical (unpaired) electrons. The Hall–Kier alpha value is -1.68. The summed E-state index contributed by atoms with van der Waals surface area (Å²) < 4.78 is 18.5. The molecular weight excluding hydrogens is 255 g/mol. The Labute approximate surface area is 118 Å². The SMILES string of the molecule is CCC(NC1CCCc2occc21)c1ccc(F)cn1. The summed E-state index contributed by atoms with van der Waals surface area (Å²) in [6.45, 7) is 2.11. The Morgan fingerprint density at radius 3 is 3.10 bits per heavy atom. The lowest BCUT2D eigenvalue weighted by Gasteiger charge is -2.27. The summed E-state index contributed by atoms with van der Waals surface area (Å²) in [5.74, 6) is 0.800. The van der Waals surface area contributed by atoms with Gasteiger partial charge in [0.25, 0.3) is 0 Å². The number of halogens is 1. The lowest BCUT2D eigenvalue weighted by molar-refractivity contribution is 0.367. The molecule has 2 aromatic rings. The standard InChI is InChI=1S/C16H19FN2O/c1-2-13(15-7-6-11(17)10-18-15)19-14-4-3-5-16-12(14)8-9-20-16/h6-10,13-14,19H,2-5H2,1H3. The fourth-order valence-electron chi connectivity index (χ4n) is 2.91. The topological polar surface area (TPSA) is 38.1 Å². The highest BCUT2D eigenvalue weighted by molar-refractivity contribution is 5.24. The molecule has 0 bridgehead atoms. The Bertz CT molecular complexity index is 564. The average Bonchev–Trinajstić information content (AvgIpc) is 2.95. The molecule has 0 amide bonds. The van der Waals surface area contributed by atoms with Crippen LogP contribution in [-0.4, -0.2) is 4.98 Å². The maximum Gasteiger partial charge on any atom is 0.141 e. The zero-order valence-electron chi connectivity index (χ0n) is 11.6. The molecule has 4 heteroatoms. The van der Waals surface area contributed by atoms with E-state index in [4.69, 9.17) is 4.42 Å². The largest absolute Gasteiger partial charge is 0.469 e. The molecule has 2 atom stereocenters. The Morgan fingerprint density at radius 1 is 1.45 bits per heavy atom. The molecule has 0 fully saturated rings. The molecule has 2 unspecified atom stereocenters. The van der Waals surface area contributed by atoms with Crippen LogP contribution in [0.4, 0.5) is 4.39 Å². The van der Waals surface area contributed by atoms with Gasteiger partial charge in [-0.15, -0.1) is 0 Å². The number of nitrogens with one attached hydrogen (secondary N) is 1. The van der Waals surface area contributed by atoms with Gasteiger partial charge in [0.15, 0.2) is 0 Å². The highest BCUT2D eigenvalue weighted by Crippen LogP contribution is 2.32. The first kappa shape index (κ1) is 13.3. The quantitative estimate of drug-likeness (QED) is 0.918. The van der Waals surface area contributed by atoms with E-state index in [1.807, 2.05) is 0 Å². The van der Waals surface area contributed by atoms with E-state index in [1.54, 1.807) is 12.3 Å². The fourth-order valence-corrected chi connectivity index (χ4v) is 2.91. The van der Waals surface area contributed by atoms with Gasteiger partial charge < -0.3 is 9.73 Å². The van der Waals surface area contributed by atoms with Gasteiger partial charge in [-0.1, -0.05) is 6.92 Å². The van der Waals surface area contributed by atoms with Crippen molar-refractivity contribution in [2.24, 2.45) is 0 Å². The van der Waals surface area contributed by atoms with Gasteiger partial charge >= 0.3 is 0 Å². The van der Waals surface area contributed by atoms with Gasteiger partial charge in [0, 0.05) is 24.1 Å². The van der Waals surface area contributed by atoms with Crippen molar-refractivity contribution in [3.05, 3.63) is 53.5 Å². The minimum absolute atomic E-state index is 0.140. The molecule has 20 heavy (non-hydrogen) atoms. The van der Waals surface area contributed by atoms with E-state index in [-0.39, 0.29) is 11.9 Å². The highest BCUT2D eigenvalue weighted by atomic mass is 19.1. The molecule has 0 aromatic carbocycles. The van der Waals surface area contributed by atoms with Crippen LogP contribution in [0.2, 0.25) is 0 Å². The molecule has 1 aliphatic carbocycles. The number of furan rings is 1. The first-order valence-electron chi connectivity index (χ1n) is 7.21. The fraction of sp³-hybridized carbons (Fsp3) is 0.438. The van der Waals surface area contributed by atoms with Gasteiger partial charge in [-0.2, -0.15) is 0 Å². The maximum atomic E-state index is 13.0. The van der Waals surface area contributed by atoms with Crippen LogP contribution < -0.4 is 5.32 Å². The van der Waals surface area contributed by atoms with E-state index in [0.717, 1.165) is 37.1 Å². The van der Waals surface area contributed by atoms with Crippen LogP contribution >= 0.6 is 0 Å². The first-order valence-corrected chi connectivity index (χ1v) is 7.21. The summed E-state index contributed by atoms with van der Waals surface area (Å²) >= 11 is 0. The van der Waals surface area contributed by atoms with Gasteiger partial charge in [0.1, 0.15) is 11.6 Å². The van der Waals surface area contributed by atoms with E-state index < -0.39 is 0 Å². The summed E-state index contributed by atoms with van der Waals surface area (Å²) in [7, 11) is 0. The number of aromatic nitrogens is 1. The van der Waals surface area contributed by atoms with Crippen LogP contribution in [0.25, 0.3) is 0 Å². The second-order valence-corrected chi connectivity index (χ2v) is 5.27. The summed E-state index contributed by atoms with van der Waals surface area (Å²) in [5, 5.41) is 3.64. The van der Waals surface area contributed by atoms with Crippen molar-refractivity contribution in [2.45, 2.75) is 44.7 Å². The molecule has 106 valence electrons. The normalized spacial score (nSPS) is 19.6. The minimum Gasteiger partial charge on any atom is -0.469 e. The summed E-state index contributed by atoms with van der Waals surface area (Å²) in [5.41, 5.74) is 2.15. The van der Waals surface area contributed by atoms with Gasteiger partial charge in [-0.25, -0.2) is 4.39 Å². The molecule has 2 heterocycles. The maximum absolute atomic E-state index is 13.0. The van der Waals surface area contributed by atoms with Crippen molar-refractivity contribution in [1.29, 1.82) is 0 Å². The molecule has 0 saturated heterocycles. The molecule has 1 aliphatic rings. The predicted molar refractivity (Wildman–Crippen MR) is 74.7 cm³/mol. The van der Waals surface area contributed by atoms with Gasteiger partial charge in [-0.05, 0) is 37.5 Å². The van der Waals surface area contributed by atoms with Crippen LogP contribution in [0.1, 0.15) is 55.3 Å². The van der Waals surface area contributed by atoms with Crippen LogP contribution in [0.3, 0.4) is 0 Å². The number of fused-ring (bicyclic) bond motifs is 1. The molecule has 0 aliphatic heterocycles. The lowest BCUT2D eigenvalue weighted by Crippen LogP contribution is -2.29. The number of pyridine rings is 1. The Morgan fingerprint density at radius 2 is 2.35 bits per heavy atom. The monoisotopic (exact) mass is 274 g/mol. The van der Waals surface area contributed by atoms with E-state index in [2.05, 4.69) is 23.3 Å². The third-order valence-corrected chi connectivity index (χ3v) is 3.97. The Balaban J connectivity index is 1.78. The van der Waals surface area contributed by atoms with Crippen LogP contribution in [0.5, 0.6) is 0 Å². The second-order valence-electron chi connectivity index (χ2n) is 5.27.